The van der Waals surface area contributed by atoms with Crippen LogP contribution in [0.25, 0.3) is 10.4 Å². The molecular weight excluding hydrogens is 252 g/mol. The zero-order valence-corrected chi connectivity index (χ0v) is 11.7. The van der Waals surface area contributed by atoms with Crippen LogP contribution < -0.4 is 0 Å². The zero-order chi connectivity index (χ0) is 12.6. The lowest BCUT2D eigenvalue weighted by molar-refractivity contribution is 0.604. The normalized spacial score (nSPS) is 11.7. The van der Waals surface area contributed by atoms with Crippen LogP contribution in [0.1, 0.15) is 11.1 Å². The Hall–Kier alpha value is -1.13. The van der Waals surface area contributed by atoms with Crippen molar-refractivity contribution in [1.29, 1.82) is 0 Å². The van der Waals surface area contributed by atoms with Crippen molar-refractivity contribution in [2.75, 3.05) is 6.26 Å². The van der Waals surface area contributed by atoms with E-state index in [0.717, 1.165) is 10.4 Å². The molecule has 0 aliphatic rings. The van der Waals surface area contributed by atoms with E-state index in [1.54, 1.807) is 6.07 Å². The van der Waals surface area contributed by atoms with Crippen LogP contribution in [0.5, 0.6) is 0 Å². The molecule has 0 saturated heterocycles. The van der Waals surface area contributed by atoms with Crippen molar-refractivity contribution < 1.29 is 8.42 Å². The van der Waals surface area contributed by atoms with Gasteiger partial charge in [-0.2, -0.15) is 0 Å². The molecule has 1 heterocycles. The average Bonchev–Trinajstić information content (AvgIpc) is 2.65. The first kappa shape index (κ1) is 12.3. The molecule has 0 radical (unpaired) electrons. The van der Waals surface area contributed by atoms with E-state index in [1.165, 1.54) is 28.7 Å². The van der Waals surface area contributed by atoms with Crippen LogP contribution in [-0.2, 0) is 9.84 Å². The van der Waals surface area contributed by atoms with Crippen LogP contribution in [-0.4, -0.2) is 14.7 Å². The second-order valence-electron chi connectivity index (χ2n) is 4.16. The summed E-state index contributed by atoms with van der Waals surface area (Å²) in [6, 6.07) is 9.67. The summed E-state index contributed by atoms with van der Waals surface area (Å²) in [4.78, 5) is 1.01. The van der Waals surface area contributed by atoms with Gasteiger partial charge in [0.15, 0.2) is 9.84 Å². The Kier molecular flexibility index (Phi) is 3.10. The molecule has 0 saturated carbocycles. The van der Waals surface area contributed by atoms with Crippen molar-refractivity contribution in [3.05, 3.63) is 41.5 Å². The van der Waals surface area contributed by atoms with Gasteiger partial charge in [0.1, 0.15) is 4.21 Å². The molecule has 2 rings (SSSR count). The Morgan fingerprint density at radius 1 is 1.00 bits per heavy atom. The number of benzene rings is 1. The molecule has 0 bridgehead atoms. The molecule has 2 aromatic rings. The van der Waals surface area contributed by atoms with Crippen LogP contribution in [0, 0.1) is 13.8 Å². The lowest BCUT2D eigenvalue weighted by atomic mass is 10.0. The molecular formula is C13H14O2S2. The molecule has 0 amide bonds. The third-order valence-electron chi connectivity index (χ3n) is 2.67. The summed E-state index contributed by atoms with van der Waals surface area (Å²) in [6.07, 6.45) is 1.24. The van der Waals surface area contributed by atoms with E-state index in [2.05, 4.69) is 0 Å². The van der Waals surface area contributed by atoms with Gasteiger partial charge in [-0.15, -0.1) is 11.3 Å². The van der Waals surface area contributed by atoms with E-state index in [0.29, 0.717) is 4.21 Å². The minimum absolute atomic E-state index is 0.426. The molecule has 90 valence electrons. The van der Waals surface area contributed by atoms with Gasteiger partial charge >= 0.3 is 0 Å². The quantitative estimate of drug-likeness (QED) is 0.834. The maximum absolute atomic E-state index is 11.5. The van der Waals surface area contributed by atoms with Gasteiger partial charge in [-0.05, 0) is 42.7 Å². The summed E-state index contributed by atoms with van der Waals surface area (Å²) < 4.78 is 23.3. The summed E-state index contributed by atoms with van der Waals surface area (Å²) in [7, 11) is -3.10. The van der Waals surface area contributed by atoms with Gasteiger partial charge in [0.05, 0.1) is 0 Å². The highest BCUT2D eigenvalue weighted by Crippen LogP contribution is 2.34. The highest BCUT2D eigenvalue weighted by molar-refractivity contribution is 7.92. The first-order valence-corrected chi connectivity index (χ1v) is 7.97. The lowest BCUT2D eigenvalue weighted by Gasteiger charge is -2.06. The van der Waals surface area contributed by atoms with E-state index in [9.17, 15) is 8.42 Å². The molecule has 0 atom stereocenters. The van der Waals surface area contributed by atoms with Crippen LogP contribution in [0.15, 0.2) is 34.5 Å². The molecule has 1 aromatic heterocycles. The highest BCUT2D eigenvalue weighted by atomic mass is 32.2. The Labute approximate surface area is 106 Å². The molecule has 17 heavy (non-hydrogen) atoms. The van der Waals surface area contributed by atoms with Crippen molar-refractivity contribution in [3.8, 4) is 10.4 Å². The van der Waals surface area contributed by atoms with Gasteiger partial charge < -0.3 is 0 Å². The average molecular weight is 266 g/mol. The fraction of sp³-hybridized carbons (Fsp3) is 0.231. The predicted octanol–water partition coefficient (Wildman–Crippen LogP) is 3.44. The van der Waals surface area contributed by atoms with Gasteiger partial charge in [-0.25, -0.2) is 8.42 Å². The Morgan fingerprint density at radius 2 is 1.59 bits per heavy atom. The number of hydrogen-bond acceptors (Lipinski definition) is 3. The summed E-state index contributed by atoms with van der Waals surface area (Å²) in [5.41, 5.74) is 3.49. The van der Waals surface area contributed by atoms with E-state index >= 15 is 0 Å². The van der Waals surface area contributed by atoms with Crippen LogP contribution >= 0.6 is 11.3 Å². The van der Waals surface area contributed by atoms with E-state index in [-0.39, 0.29) is 0 Å². The number of thiophene rings is 1. The first-order valence-electron chi connectivity index (χ1n) is 5.26. The predicted molar refractivity (Wildman–Crippen MR) is 72.3 cm³/mol. The third kappa shape index (κ3) is 2.42. The van der Waals surface area contributed by atoms with Crippen molar-refractivity contribution in [2.24, 2.45) is 0 Å². The second-order valence-corrected chi connectivity index (χ2v) is 7.48. The molecule has 0 fully saturated rings. The molecule has 2 nitrogen and oxygen atoms in total. The van der Waals surface area contributed by atoms with Gasteiger partial charge in [0.2, 0.25) is 0 Å². The van der Waals surface area contributed by atoms with Crippen molar-refractivity contribution in [3.63, 3.8) is 0 Å². The van der Waals surface area contributed by atoms with Crippen LogP contribution in [0.2, 0.25) is 0 Å². The van der Waals surface area contributed by atoms with Crippen molar-refractivity contribution in [1.82, 2.24) is 0 Å². The topological polar surface area (TPSA) is 34.1 Å². The number of hydrogen-bond donors (Lipinski definition) is 0. The summed E-state index contributed by atoms with van der Waals surface area (Å²) in [5.74, 6) is 0. The maximum Gasteiger partial charge on any atom is 0.184 e. The molecule has 0 aliphatic carbocycles. The fourth-order valence-electron chi connectivity index (χ4n) is 1.86. The minimum Gasteiger partial charge on any atom is -0.223 e. The van der Waals surface area contributed by atoms with Gasteiger partial charge in [-0.1, -0.05) is 18.2 Å². The van der Waals surface area contributed by atoms with Crippen LogP contribution in [0.3, 0.4) is 0 Å². The van der Waals surface area contributed by atoms with Gasteiger partial charge in [0, 0.05) is 11.1 Å². The van der Waals surface area contributed by atoms with Crippen molar-refractivity contribution in [2.45, 2.75) is 18.1 Å². The zero-order valence-electron chi connectivity index (χ0n) is 10.0. The minimum atomic E-state index is -3.10. The number of sulfone groups is 1. The molecule has 0 unspecified atom stereocenters. The molecule has 4 heteroatoms. The largest absolute Gasteiger partial charge is 0.223 e. The lowest BCUT2D eigenvalue weighted by Crippen LogP contribution is -1.91. The Balaban J connectivity index is 2.59. The molecule has 0 spiro atoms. The van der Waals surface area contributed by atoms with Crippen molar-refractivity contribution >= 4 is 21.2 Å². The third-order valence-corrected chi connectivity index (χ3v) is 5.60. The number of rotatable bonds is 2. The smallest absolute Gasteiger partial charge is 0.184 e. The van der Waals surface area contributed by atoms with E-state index in [4.69, 9.17) is 0 Å². The van der Waals surface area contributed by atoms with Gasteiger partial charge in [0.25, 0.3) is 0 Å². The number of aryl methyl sites for hydroxylation is 2. The van der Waals surface area contributed by atoms with E-state index < -0.39 is 9.84 Å². The molecule has 0 N–H and O–H groups in total. The highest BCUT2D eigenvalue weighted by Gasteiger charge is 2.13. The summed E-state index contributed by atoms with van der Waals surface area (Å²) >= 11 is 1.33. The molecule has 1 aromatic carbocycles. The second kappa shape index (κ2) is 4.27. The Morgan fingerprint density at radius 3 is 2.06 bits per heavy atom. The summed E-state index contributed by atoms with van der Waals surface area (Å²) in [6.45, 7) is 4.09. The molecule has 0 aliphatic heterocycles. The Bertz CT molecular complexity index is 632. The standard InChI is InChI=1S/C13H14O2S2/c1-9-5-4-6-10(2)13(9)11-7-8-12(16-11)17(3,14)15/h4-8H,1-3H3. The fourth-order valence-corrected chi connectivity index (χ4v) is 3.96. The van der Waals surface area contributed by atoms with E-state index in [1.807, 2.05) is 38.1 Å². The van der Waals surface area contributed by atoms with Crippen LogP contribution in [0.4, 0.5) is 0 Å². The SMILES string of the molecule is Cc1cccc(C)c1-c1ccc(S(C)(=O)=O)s1. The monoisotopic (exact) mass is 266 g/mol. The first-order chi connectivity index (χ1) is 7.89. The maximum atomic E-state index is 11.5. The summed E-state index contributed by atoms with van der Waals surface area (Å²) in [5, 5.41) is 0. The van der Waals surface area contributed by atoms with Gasteiger partial charge in [-0.3, -0.25) is 0 Å².